The fraction of sp³-hybridized carbons (Fsp3) is 0.133. The summed E-state index contributed by atoms with van der Waals surface area (Å²) in [5.41, 5.74) is 0.552. The van der Waals surface area contributed by atoms with Gasteiger partial charge in [-0.05, 0) is 30.3 Å². The van der Waals surface area contributed by atoms with E-state index in [1.165, 1.54) is 50.6 Å². The minimum atomic E-state index is -3.85. The molecule has 0 saturated carbocycles. The van der Waals surface area contributed by atoms with Crippen LogP contribution in [-0.4, -0.2) is 22.6 Å². The van der Waals surface area contributed by atoms with Gasteiger partial charge in [-0.2, -0.15) is 5.26 Å². The molecule has 0 aliphatic carbocycles. The van der Waals surface area contributed by atoms with Gasteiger partial charge in [-0.15, -0.1) is 0 Å². The van der Waals surface area contributed by atoms with E-state index in [1.807, 2.05) is 6.07 Å². The summed E-state index contributed by atoms with van der Waals surface area (Å²) >= 11 is 6.02. The van der Waals surface area contributed by atoms with E-state index in [0.29, 0.717) is 11.3 Å². The summed E-state index contributed by atoms with van der Waals surface area (Å²) < 4.78 is 37.4. The van der Waals surface area contributed by atoms with Crippen LogP contribution in [0.15, 0.2) is 41.3 Å². The average molecular weight is 353 g/mol. The lowest BCUT2D eigenvalue weighted by Crippen LogP contribution is -2.13. The van der Waals surface area contributed by atoms with Crippen molar-refractivity contribution in [3.8, 4) is 17.6 Å². The third-order valence-corrected chi connectivity index (χ3v) is 4.69. The third kappa shape index (κ3) is 3.67. The highest BCUT2D eigenvalue weighted by Crippen LogP contribution is 2.36. The van der Waals surface area contributed by atoms with Crippen LogP contribution in [-0.2, 0) is 10.0 Å². The maximum atomic E-state index is 12.4. The largest absolute Gasteiger partial charge is 0.495 e. The van der Waals surface area contributed by atoms with Crippen molar-refractivity contribution < 1.29 is 17.9 Å². The average Bonchev–Trinajstić information content (AvgIpc) is 2.55. The van der Waals surface area contributed by atoms with E-state index in [-0.39, 0.29) is 21.4 Å². The summed E-state index contributed by atoms with van der Waals surface area (Å²) in [6.07, 6.45) is 0. The first-order valence-corrected chi connectivity index (χ1v) is 8.22. The summed E-state index contributed by atoms with van der Waals surface area (Å²) in [5, 5.41) is 9.00. The molecule has 0 unspecified atom stereocenters. The number of rotatable bonds is 5. The second-order valence-electron chi connectivity index (χ2n) is 4.43. The van der Waals surface area contributed by atoms with Crippen LogP contribution in [0.5, 0.6) is 11.5 Å². The molecular formula is C15H13ClN2O4S. The van der Waals surface area contributed by atoms with Crippen LogP contribution in [0.3, 0.4) is 0 Å². The first-order chi connectivity index (χ1) is 10.9. The van der Waals surface area contributed by atoms with Gasteiger partial charge in [-0.1, -0.05) is 11.6 Å². The Morgan fingerprint density at radius 2 is 1.70 bits per heavy atom. The Morgan fingerprint density at radius 1 is 1.09 bits per heavy atom. The molecule has 0 aliphatic rings. The number of hydrogen-bond donors (Lipinski definition) is 1. The molecule has 0 atom stereocenters. The molecule has 0 bridgehead atoms. The monoisotopic (exact) mass is 352 g/mol. The van der Waals surface area contributed by atoms with Gasteiger partial charge >= 0.3 is 0 Å². The molecule has 0 fully saturated rings. The van der Waals surface area contributed by atoms with Crippen LogP contribution in [0.4, 0.5) is 5.69 Å². The van der Waals surface area contributed by atoms with Gasteiger partial charge in [0.25, 0.3) is 10.0 Å². The van der Waals surface area contributed by atoms with Crippen LogP contribution in [0.1, 0.15) is 5.56 Å². The normalized spacial score (nSPS) is 10.7. The lowest BCUT2D eigenvalue weighted by molar-refractivity contribution is 0.396. The molecule has 0 saturated heterocycles. The summed E-state index contributed by atoms with van der Waals surface area (Å²) in [6.45, 7) is 0. The lowest BCUT2D eigenvalue weighted by Gasteiger charge is -2.14. The molecule has 0 radical (unpaired) electrons. The summed E-state index contributed by atoms with van der Waals surface area (Å²) in [6, 6.07) is 10.4. The molecule has 1 N–H and O–H groups in total. The first kappa shape index (κ1) is 16.9. The molecule has 6 nitrogen and oxygen atoms in total. The molecule has 0 spiro atoms. The molecule has 0 aliphatic heterocycles. The fourth-order valence-corrected chi connectivity index (χ4v) is 3.15. The van der Waals surface area contributed by atoms with E-state index < -0.39 is 10.0 Å². The minimum absolute atomic E-state index is 0.0190. The fourth-order valence-electron chi connectivity index (χ4n) is 1.85. The van der Waals surface area contributed by atoms with Crippen LogP contribution in [0.25, 0.3) is 0 Å². The number of nitrogens with one attached hydrogen (secondary N) is 1. The number of methoxy groups -OCH3 is 2. The van der Waals surface area contributed by atoms with Gasteiger partial charge in [0.1, 0.15) is 11.5 Å². The Labute approximate surface area is 139 Å². The quantitative estimate of drug-likeness (QED) is 0.893. The summed E-state index contributed by atoms with van der Waals surface area (Å²) in [5.74, 6) is 0.633. The Bertz CT molecular complexity index is 858. The number of anilines is 1. The van der Waals surface area contributed by atoms with Crippen molar-refractivity contribution in [2.45, 2.75) is 4.90 Å². The molecule has 0 heterocycles. The zero-order valence-corrected chi connectivity index (χ0v) is 13.9. The number of ether oxygens (including phenoxy) is 2. The van der Waals surface area contributed by atoms with Crippen LogP contribution in [0.2, 0.25) is 5.02 Å². The molecule has 23 heavy (non-hydrogen) atoms. The van der Waals surface area contributed by atoms with Crippen LogP contribution in [0, 0.1) is 11.3 Å². The molecule has 120 valence electrons. The van der Waals surface area contributed by atoms with E-state index in [9.17, 15) is 8.42 Å². The molecule has 0 aromatic heterocycles. The molecule has 2 rings (SSSR count). The van der Waals surface area contributed by atoms with Crippen LogP contribution < -0.4 is 14.2 Å². The Hall–Kier alpha value is -2.43. The van der Waals surface area contributed by atoms with Crippen molar-refractivity contribution in [2.75, 3.05) is 18.9 Å². The lowest BCUT2D eigenvalue weighted by atomic mass is 10.2. The zero-order chi connectivity index (χ0) is 17.0. The Morgan fingerprint density at radius 3 is 2.22 bits per heavy atom. The van der Waals surface area contributed by atoms with E-state index in [0.717, 1.165) is 0 Å². The van der Waals surface area contributed by atoms with Crippen molar-refractivity contribution in [2.24, 2.45) is 0 Å². The second-order valence-corrected chi connectivity index (χ2v) is 6.52. The minimum Gasteiger partial charge on any atom is -0.495 e. The highest BCUT2D eigenvalue weighted by molar-refractivity contribution is 7.92. The first-order valence-electron chi connectivity index (χ1n) is 6.35. The van der Waals surface area contributed by atoms with E-state index in [2.05, 4.69) is 4.72 Å². The number of hydrogen-bond acceptors (Lipinski definition) is 5. The van der Waals surface area contributed by atoms with E-state index in [4.69, 9.17) is 26.3 Å². The maximum Gasteiger partial charge on any atom is 0.262 e. The second kappa shape index (κ2) is 6.77. The SMILES string of the molecule is COc1cc(OC)c(NS(=O)(=O)c2ccc(C#N)cc2)cc1Cl. The number of nitriles is 1. The molecule has 2 aromatic rings. The summed E-state index contributed by atoms with van der Waals surface area (Å²) in [4.78, 5) is 0.0190. The smallest absolute Gasteiger partial charge is 0.262 e. The van der Waals surface area contributed by atoms with Crippen molar-refractivity contribution in [3.63, 3.8) is 0 Å². The van der Waals surface area contributed by atoms with Gasteiger partial charge in [0.05, 0.1) is 41.5 Å². The molecule has 2 aromatic carbocycles. The number of sulfonamides is 1. The molecule has 8 heteroatoms. The van der Waals surface area contributed by atoms with E-state index >= 15 is 0 Å². The predicted octanol–water partition coefficient (Wildman–Crippen LogP) is 3.03. The van der Waals surface area contributed by atoms with Gasteiger partial charge in [0, 0.05) is 6.07 Å². The van der Waals surface area contributed by atoms with Crippen molar-refractivity contribution in [3.05, 3.63) is 47.0 Å². The molecule has 0 amide bonds. The highest BCUT2D eigenvalue weighted by Gasteiger charge is 2.18. The van der Waals surface area contributed by atoms with Gasteiger partial charge in [-0.25, -0.2) is 8.42 Å². The van der Waals surface area contributed by atoms with Gasteiger partial charge in [0.15, 0.2) is 0 Å². The van der Waals surface area contributed by atoms with Gasteiger partial charge in [-0.3, -0.25) is 4.72 Å². The zero-order valence-electron chi connectivity index (χ0n) is 12.3. The Balaban J connectivity index is 2.40. The number of nitrogens with zero attached hydrogens (tertiary/aromatic N) is 1. The standard InChI is InChI=1S/C15H13ClN2O4S/c1-21-14-8-15(22-2)13(7-12(14)16)18-23(19,20)11-5-3-10(9-17)4-6-11/h3-8,18H,1-2H3. The summed E-state index contributed by atoms with van der Waals surface area (Å²) in [7, 11) is -0.995. The topological polar surface area (TPSA) is 88.4 Å². The van der Waals surface area contributed by atoms with E-state index in [1.54, 1.807) is 0 Å². The van der Waals surface area contributed by atoms with Crippen LogP contribution >= 0.6 is 11.6 Å². The molecular weight excluding hydrogens is 340 g/mol. The third-order valence-electron chi connectivity index (χ3n) is 3.01. The highest BCUT2D eigenvalue weighted by atomic mass is 35.5. The van der Waals surface area contributed by atoms with Gasteiger partial charge in [0.2, 0.25) is 0 Å². The number of benzene rings is 2. The van der Waals surface area contributed by atoms with Gasteiger partial charge < -0.3 is 9.47 Å². The Kier molecular flexibility index (Phi) is 4.98. The number of halogens is 1. The van der Waals surface area contributed by atoms with Crippen molar-refractivity contribution >= 4 is 27.3 Å². The maximum absolute atomic E-state index is 12.4. The van der Waals surface area contributed by atoms with Crippen molar-refractivity contribution in [1.82, 2.24) is 0 Å². The van der Waals surface area contributed by atoms with Crippen molar-refractivity contribution in [1.29, 1.82) is 5.26 Å². The predicted molar refractivity (Wildman–Crippen MR) is 86.5 cm³/mol.